The van der Waals surface area contributed by atoms with Gasteiger partial charge in [-0.05, 0) is 42.3 Å². The Labute approximate surface area is 157 Å². The summed E-state index contributed by atoms with van der Waals surface area (Å²) in [6, 6.07) is 8.94. The van der Waals surface area contributed by atoms with Crippen molar-refractivity contribution in [3.63, 3.8) is 0 Å². The summed E-state index contributed by atoms with van der Waals surface area (Å²) in [5.74, 6) is 0.612. The van der Waals surface area contributed by atoms with Gasteiger partial charge in [0.15, 0.2) is 5.82 Å². The van der Waals surface area contributed by atoms with Gasteiger partial charge in [0.1, 0.15) is 0 Å². The van der Waals surface area contributed by atoms with E-state index in [0.717, 1.165) is 18.5 Å². The zero-order valence-corrected chi connectivity index (χ0v) is 15.4. The van der Waals surface area contributed by atoms with Crippen molar-refractivity contribution in [1.29, 1.82) is 0 Å². The van der Waals surface area contributed by atoms with E-state index in [0.29, 0.717) is 18.9 Å². The first-order valence-electron chi connectivity index (χ1n) is 9.22. The van der Waals surface area contributed by atoms with Crippen LogP contribution in [0.4, 0.5) is 4.79 Å². The van der Waals surface area contributed by atoms with Crippen LogP contribution in [0.5, 0.6) is 0 Å². The molecule has 9 heteroatoms. The van der Waals surface area contributed by atoms with Crippen LogP contribution in [0.3, 0.4) is 0 Å². The highest BCUT2D eigenvalue weighted by Gasteiger charge is 2.45. The van der Waals surface area contributed by atoms with Gasteiger partial charge in [-0.3, -0.25) is 4.79 Å². The minimum atomic E-state index is -0.372. The van der Waals surface area contributed by atoms with Crippen LogP contribution < -0.4 is 5.32 Å². The summed E-state index contributed by atoms with van der Waals surface area (Å²) in [6.45, 7) is 3.11. The lowest BCUT2D eigenvalue weighted by Crippen LogP contribution is -2.53. The van der Waals surface area contributed by atoms with Crippen LogP contribution in [0.1, 0.15) is 31.6 Å². The van der Waals surface area contributed by atoms with E-state index in [9.17, 15) is 9.59 Å². The number of piperidine rings is 1. The smallest absolute Gasteiger partial charge is 0.318 e. The second-order valence-corrected chi connectivity index (χ2v) is 7.18. The summed E-state index contributed by atoms with van der Waals surface area (Å²) in [5, 5.41) is 14.9. The Balaban J connectivity index is 1.49. The average Bonchev–Trinajstić information content (AvgIpc) is 3.28. The summed E-state index contributed by atoms with van der Waals surface area (Å²) in [6.07, 6.45) is 1.68. The van der Waals surface area contributed by atoms with Gasteiger partial charge in [0, 0.05) is 20.1 Å². The summed E-state index contributed by atoms with van der Waals surface area (Å²) >= 11 is 0. The molecule has 1 aromatic heterocycles. The number of para-hydroxylation sites is 1. The third kappa shape index (κ3) is 3.13. The van der Waals surface area contributed by atoms with E-state index in [1.165, 1.54) is 0 Å². The maximum absolute atomic E-state index is 12.9. The SMILES string of the molecule is CC(NC(=O)N1CCC[C@H]2C(=O)N(C)C[C@H]21)c1nnnn1-c1ccccc1. The lowest BCUT2D eigenvalue weighted by molar-refractivity contribution is -0.130. The predicted molar refractivity (Wildman–Crippen MR) is 97.0 cm³/mol. The Kier molecular flexibility index (Phi) is 4.51. The molecule has 3 atom stereocenters. The van der Waals surface area contributed by atoms with Crippen LogP contribution in [0, 0.1) is 5.92 Å². The Morgan fingerprint density at radius 2 is 2.07 bits per heavy atom. The van der Waals surface area contributed by atoms with Crippen molar-refractivity contribution in [2.75, 3.05) is 20.1 Å². The number of aromatic nitrogens is 4. The highest BCUT2D eigenvalue weighted by molar-refractivity contribution is 5.84. The fourth-order valence-electron chi connectivity index (χ4n) is 4.03. The largest absolute Gasteiger partial charge is 0.343 e. The van der Waals surface area contributed by atoms with Crippen molar-refractivity contribution in [2.45, 2.75) is 31.8 Å². The molecule has 0 saturated carbocycles. The summed E-state index contributed by atoms with van der Waals surface area (Å²) < 4.78 is 1.62. The fraction of sp³-hybridized carbons (Fsp3) is 0.500. The highest BCUT2D eigenvalue weighted by atomic mass is 16.2. The molecule has 2 aliphatic rings. The van der Waals surface area contributed by atoms with Crippen LogP contribution in [0.2, 0.25) is 0 Å². The molecule has 0 radical (unpaired) electrons. The molecule has 1 N–H and O–H groups in total. The van der Waals surface area contributed by atoms with E-state index in [4.69, 9.17) is 0 Å². The van der Waals surface area contributed by atoms with Crippen molar-refractivity contribution < 1.29 is 9.59 Å². The molecular formula is C18H23N7O2. The molecule has 3 heterocycles. The van der Waals surface area contributed by atoms with Gasteiger partial charge in [0.2, 0.25) is 5.91 Å². The average molecular weight is 369 g/mol. The number of benzene rings is 1. The molecule has 0 aliphatic carbocycles. The van der Waals surface area contributed by atoms with Gasteiger partial charge in [-0.15, -0.1) is 5.10 Å². The number of carbonyl (C=O) groups is 2. The Hall–Kier alpha value is -2.97. The number of likely N-dealkylation sites (tertiary alicyclic amines) is 2. The first kappa shape index (κ1) is 17.4. The molecule has 3 amide bonds. The summed E-state index contributed by atoms with van der Waals surface area (Å²) in [4.78, 5) is 28.7. The lowest BCUT2D eigenvalue weighted by Gasteiger charge is -2.36. The third-order valence-electron chi connectivity index (χ3n) is 5.42. The van der Waals surface area contributed by atoms with Crippen molar-refractivity contribution in [3.8, 4) is 5.69 Å². The summed E-state index contributed by atoms with van der Waals surface area (Å²) in [7, 11) is 1.80. The fourth-order valence-corrected chi connectivity index (χ4v) is 4.03. The monoisotopic (exact) mass is 369 g/mol. The van der Waals surface area contributed by atoms with Gasteiger partial charge in [-0.2, -0.15) is 4.68 Å². The number of rotatable bonds is 3. The molecule has 4 rings (SSSR count). The van der Waals surface area contributed by atoms with Crippen LogP contribution >= 0.6 is 0 Å². The lowest BCUT2D eigenvalue weighted by atomic mass is 9.92. The molecule has 2 aliphatic heterocycles. The zero-order chi connectivity index (χ0) is 19.0. The van der Waals surface area contributed by atoms with Crippen LogP contribution in [-0.2, 0) is 4.79 Å². The normalized spacial score (nSPS) is 23.3. The van der Waals surface area contributed by atoms with Crippen molar-refractivity contribution in [3.05, 3.63) is 36.2 Å². The van der Waals surface area contributed by atoms with Crippen molar-refractivity contribution in [1.82, 2.24) is 35.3 Å². The second-order valence-electron chi connectivity index (χ2n) is 7.18. The topological polar surface area (TPSA) is 96.2 Å². The van der Waals surface area contributed by atoms with Gasteiger partial charge < -0.3 is 15.1 Å². The van der Waals surface area contributed by atoms with Crippen molar-refractivity contribution >= 4 is 11.9 Å². The predicted octanol–water partition coefficient (Wildman–Crippen LogP) is 0.986. The molecule has 2 saturated heterocycles. The van der Waals surface area contributed by atoms with E-state index in [1.54, 1.807) is 21.5 Å². The molecule has 9 nitrogen and oxygen atoms in total. The number of carbonyl (C=O) groups excluding carboxylic acids is 2. The Bertz CT molecular complexity index is 837. The molecule has 2 fully saturated rings. The van der Waals surface area contributed by atoms with Gasteiger partial charge >= 0.3 is 6.03 Å². The number of likely N-dealkylation sites (N-methyl/N-ethyl adjacent to an activating group) is 1. The first-order valence-corrected chi connectivity index (χ1v) is 9.22. The minimum Gasteiger partial charge on any atom is -0.343 e. The Morgan fingerprint density at radius 3 is 2.85 bits per heavy atom. The van der Waals surface area contributed by atoms with Gasteiger partial charge in [-0.1, -0.05) is 18.2 Å². The molecule has 0 spiro atoms. The van der Waals surface area contributed by atoms with Crippen molar-refractivity contribution in [2.24, 2.45) is 5.92 Å². The molecule has 1 unspecified atom stereocenters. The van der Waals surface area contributed by atoms with E-state index in [2.05, 4.69) is 20.8 Å². The van der Waals surface area contributed by atoms with Gasteiger partial charge in [0.25, 0.3) is 0 Å². The maximum atomic E-state index is 12.9. The molecular weight excluding hydrogens is 346 g/mol. The summed E-state index contributed by atoms with van der Waals surface area (Å²) in [5.41, 5.74) is 0.833. The van der Waals surface area contributed by atoms with E-state index < -0.39 is 0 Å². The van der Waals surface area contributed by atoms with E-state index in [1.807, 2.05) is 37.3 Å². The standard InChI is InChI=1S/C18H23N7O2/c1-12(16-20-21-22-25(16)13-7-4-3-5-8-13)19-18(27)24-10-6-9-14-15(24)11-23(2)17(14)26/h3-5,7-8,12,14-15H,6,9-11H2,1-2H3,(H,19,27)/t12?,14-,15-/m1/s1. The Morgan fingerprint density at radius 1 is 1.30 bits per heavy atom. The van der Waals surface area contributed by atoms with E-state index >= 15 is 0 Å². The van der Waals surface area contributed by atoms with Gasteiger partial charge in [0.05, 0.1) is 23.7 Å². The second kappa shape index (κ2) is 6.98. The number of hydrogen-bond donors (Lipinski definition) is 1. The van der Waals surface area contributed by atoms with Crippen LogP contribution in [-0.4, -0.2) is 68.1 Å². The number of nitrogens with one attached hydrogen (secondary N) is 1. The van der Waals surface area contributed by atoms with Crippen LogP contribution in [0.25, 0.3) is 5.69 Å². The third-order valence-corrected chi connectivity index (χ3v) is 5.42. The molecule has 1 aromatic carbocycles. The molecule has 0 bridgehead atoms. The quantitative estimate of drug-likeness (QED) is 0.870. The zero-order valence-electron chi connectivity index (χ0n) is 15.4. The van der Waals surface area contributed by atoms with Gasteiger partial charge in [-0.25, -0.2) is 4.79 Å². The first-order chi connectivity index (χ1) is 13.1. The van der Waals surface area contributed by atoms with Crippen LogP contribution in [0.15, 0.2) is 30.3 Å². The number of tetrazole rings is 1. The number of fused-ring (bicyclic) bond motifs is 1. The number of nitrogens with zero attached hydrogens (tertiary/aromatic N) is 6. The minimum absolute atomic E-state index is 0.0615. The van der Waals surface area contributed by atoms with E-state index in [-0.39, 0.29) is 29.9 Å². The number of amides is 3. The molecule has 27 heavy (non-hydrogen) atoms. The number of hydrogen-bond acceptors (Lipinski definition) is 5. The number of urea groups is 1. The highest BCUT2D eigenvalue weighted by Crippen LogP contribution is 2.31. The maximum Gasteiger partial charge on any atom is 0.318 e. The molecule has 142 valence electrons. The molecule has 2 aromatic rings.